The number of sulfonamides is 1. The molecule has 0 radical (unpaired) electrons. The predicted molar refractivity (Wildman–Crippen MR) is 103 cm³/mol. The van der Waals surface area contributed by atoms with Gasteiger partial charge in [-0.3, -0.25) is 0 Å². The van der Waals surface area contributed by atoms with Crippen molar-refractivity contribution in [3.8, 4) is 0 Å². The first-order chi connectivity index (χ1) is 13.2. The minimum Gasteiger partial charge on any atom is -0.478 e. The molecule has 12 heteroatoms. The van der Waals surface area contributed by atoms with Gasteiger partial charge in [-0.25, -0.2) is 18.4 Å². The van der Waals surface area contributed by atoms with Crippen molar-refractivity contribution in [2.45, 2.75) is 11.4 Å². The van der Waals surface area contributed by atoms with Crippen LogP contribution in [0.15, 0.2) is 39.8 Å². The van der Waals surface area contributed by atoms with Crippen LogP contribution in [0.3, 0.4) is 0 Å². The fraction of sp³-hybridized carbons (Fsp3) is 0.312. The first-order valence-electron chi connectivity index (χ1n) is 7.99. The van der Waals surface area contributed by atoms with Crippen molar-refractivity contribution in [1.82, 2.24) is 5.32 Å². The number of aliphatic hydroxyl groups is 2. The van der Waals surface area contributed by atoms with E-state index in [0.29, 0.717) is 18.8 Å². The molecule has 7 N–H and O–H groups in total. The van der Waals surface area contributed by atoms with Crippen LogP contribution in [0.1, 0.15) is 16.1 Å². The highest BCUT2D eigenvalue weighted by atomic mass is 35.5. The Morgan fingerprint density at radius 3 is 2.32 bits per heavy atom. The Morgan fingerprint density at radius 2 is 1.86 bits per heavy atom. The van der Waals surface area contributed by atoms with Crippen LogP contribution in [0.2, 0.25) is 5.02 Å². The molecule has 1 aromatic heterocycles. The summed E-state index contributed by atoms with van der Waals surface area (Å²) in [6, 6.07) is 5.51. The van der Waals surface area contributed by atoms with E-state index in [4.69, 9.17) is 36.5 Å². The Hall–Kier alpha value is -2.15. The van der Waals surface area contributed by atoms with E-state index in [9.17, 15) is 13.2 Å². The number of halogens is 1. The molecule has 0 fully saturated rings. The van der Waals surface area contributed by atoms with Gasteiger partial charge in [0.1, 0.15) is 10.7 Å². The van der Waals surface area contributed by atoms with Crippen molar-refractivity contribution in [1.29, 1.82) is 0 Å². The number of primary sulfonamides is 1. The van der Waals surface area contributed by atoms with E-state index in [1.165, 1.54) is 12.3 Å². The highest BCUT2D eigenvalue weighted by Crippen LogP contribution is 2.28. The number of carboxylic acid groups (broad SMARTS) is 1. The average Bonchev–Trinajstić information content (AvgIpc) is 3.13. The topological polar surface area (TPSA) is 175 Å². The summed E-state index contributed by atoms with van der Waals surface area (Å²) in [6.45, 7) is 1.64. The lowest BCUT2D eigenvalue weighted by Gasteiger charge is -2.11. The quantitative estimate of drug-likeness (QED) is 0.305. The summed E-state index contributed by atoms with van der Waals surface area (Å²) in [7, 11) is -4.11. The van der Waals surface area contributed by atoms with Crippen LogP contribution in [0.5, 0.6) is 0 Å². The van der Waals surface area contributed by atoms with E-state index in [1.807, 2.05) is 0 Å². The fourth-order valence-corrected chi connectivity index (χ4v) is 3.07. The summed E-state index contributed by atoms with van der Waals surface area (Å²) in [6.07, 6.45) is 1.48. The van der Waals surface area contributed by atoms with Gasteiger partial charge >= 0.3 is 5.97 Å². The van der Waals surface area contributed by atoms with Crippen LogP contribution in [0, 0.1) is 0 Å². The minimum atomic E-state index is -4.11. The molecule has 28 heavy (non-hydrogen) atoms. The smallest absolute Gasteiger partial charge is 0.337 e. The Kier molecular flexibility index (Phi) is 9.93. The Labute approximate surface area is 167 Å². The number of nitrogens with one attached hydrogen (secondary N) is 2. The van der Waals surface area contributed by atoms with Gasteiger partial charge in [0.15, 0.2) is 0 Å². The zero-order valence-corrected chi connectivity index (χ0v) is 16.3. The van der Waals surface area contributed by atoms with E-state index >= 15 is 0 Å². The second-order valence-electron chi connectivity index (χ2n) is 5.31. The van der Waals surface area contributed by atoms with Crippen molar-refractivity contribution in [2.75, 3.05) is 31.6 Å². The third-order valence-electron chi connectivity index (χ3n) is 3.22. The number of hydrogen-bond acceptors (Lipinski definition) is 8. The lowest BCUT2D eigenvalue weighted by molar-refractivity contribution is 0.0697. The van der Waals surface area contributed by atoms with E-state index in [0.717, 1.165) is 6.07 Å². The summed E-state index contributed by atoms with van der Waals surface area (Å²) in [5, 5.41) is 35.9. The molecule has 0 saturated carbocycles. The number of anilines is 1. The maximum absolute atomic E-state index is 11.3. The van der Waals surface area contributed by atoms with Crippen LogP contribution < -0.4 is 15.8 Å². The number of nitrogens with two attached hydrogens (primary N) is 1. The van der Waals surface area contributed by atoms with Crippen molar-refractivity contribution in [3.05, 3.63) is 46.9 Å². The number of aromatic carboxylic acids is 1. The molecule has 156 valence electrons. The molecule has 0 bridgehead atoms. The summed E-state index contributed by atoms with van der Waals surface area (Å²) in [5.74, 6) is -0.725. The Balaban J connectivity index is 0.000000480. The fourth-order valence-electron chi connectivity index (χ4n) is 1.97. The molecular weight excluding hydrogens is 414 g/mol. The molecule has 1 aromatic carbocycles. The van der Waals surface area contributed by atoms with Gasteiger partial charge in [0, 0.05) is 13.1 Å². The normalized spacial score (nSPS) is 10.9. The number of carbonyl (C=O) groups is 1. The molecule has 2 rings (SSSR count). The third kappa shape index (κ3) is 7.84. The molecule has 0 aliphatic carbocycles. The van der Waals surface area contributed by atoms with Gasteiger partial charge in [-0.15, -0.1) is 0 Å². The molecule has 0 saturated heterocycles. The molecule has 0 aliphatic rings. The summed E-state index contributed by atoms with van der Waals surface area (Å²) < 4.78 is 27.8. The van der Waals surface area contributed by atoms with E-state index in [2.05, 4.69) is 10.6 Å². The first kappa shape index (κ1) is 23.9. The number of furan rings is 1. The number of rotatable bonds is 9. The number of benzene rings is 1. The van der Waals surface area contributed by atoms with Gasteiger partial charge in [0.2, 0.25) is 10.0 Å². The predicted octanol–water partition coefficient (Wildman–Crippen LogP) is 0.451. The van der Waals surface area contributed by atoms with Crippen LogP contribution in [0.25, 0.3) is 0 Å². The van der Waals surface area contributed by atoms with Gasteiger partial charge < -0.3 is 30.4 Å². The van der Waals surface area contributed by atoms with E-state index < -0.39 is 20.9 Å². The lowest BCUT2D eigenvalue weighted by atomic mass is 10.1. The van der Waals surface area contributed by atoms with Crippen molar-refractivity contribution >= 4 is 33.3 Å². The van der Waals surface area contributed by atoms with Gasteiger partial charge in [-0.1, -0.05) is 11.6 Å². The third-order valence-corrected chi connectivity index (χ3v) is 4.59. The highest BCUT2D eigenvalue weighted by molar-refractivity contribution is 7.89. The average molecular weight is 436 g/mol. The zero-order valence-electron chi connectivity index (χ0n) is 14.8. The molecule has 0 amide bonds. The number of carboxylic acids is 1. The number of hydrogen-bond donors (Lipinski definition) is 6. The molecule has 0 atom stereocenters. The molecule has 2 aromatic rings. The largest absolute Gasteiger partial charge is 0.478 e. The SMILES string of the molecule is NS(=O)(=O)c1cc(C(=O)O)c(NCc2ccco2)cc1Cl.OCCNCCO. The second-order valence-corrected chi connectivity index (χ2v) is 7.25. The molecular formula is C16H22ClN3O7S. The van der Waals surface area contributed by atoms with Crippen LogP contribution in [-0.2, 0) is 16.6 Å². The highest BCUT2D eigenvalue weighted by Gasteiger charge is 2.20. The van der Waals surface area contributed by atoms with Crippen molar-refractivity contribution in [2.24, 2.45) is 5.14 Å². The van der Waals surface area contributed by atoms with Crippen LogP contribution in [-0.4, -0.2) is 56.0 Å². The second kappa shape index (κ2) is 11.6. The monoisotopic (exact) mass is 435 g/mol. The zero-order chi connectivity index (χ0) is 21.2. The minimum absolute atomic E-state index is 0.139. The van der Waals surface area contributed by atoms with Crippen molar-refractivity contribution in [3.63, 3.8) is 0 Å². The maximum Gasteiger partial charge on any atom is 0.337 e. The standard InChI is InChI=1S/C12H11ClN2O5S.C4H11NO2/c13-9-5-10(15-6-7-2-1-3-20-7)8(12(16)17)4-11(9)21(14,18)19;6-3-1-5-2-4-7/h1-5,15H,6H2,(H,16,17)(H2,14,18,19);5-7H,1-4H2. The molecule has 1 heterocycles. The first-order valence-corrected chi connectivity index (χ1v) is 9.91. The van der Waals surface area contributed by atoms with Crippen molar-refractivity contribution < 1.29 is 32.9 Å². The Bertz CT molecular complexity index is 853. The summed E-state index contributed by atoms with van der Waals surface area (Å²) in [5.41, 5.74) is -0.0914. The summed E-state index contributed by atoms with van der Waals surface area (Å²) >= 11 is 5.84. The number of aliphatic hydroxyl groups excluding tert-OH is 2. The van der Waals surface area contributed by atoms with Gasteiger partial charge in [0.25, 0.3) is 0 Å². The van der Waals surface area contributed by atoms with E-state index in [1.54, 1.807) is 12.1 Å². The molecule has 0 unspecified atom stereocenters. The molecule has 0 aliphatic heterocycles. The lowest BCUT2D eigenvalue weighted by Crippen LogP contribution is -2.21. The Morgan fingerprint density at radius 1 is 1.21 bits per heavy atom. The molecule has 10 nitrogen and oxygen atoms in total. The van der Waals surface area contributed by atoms with Gasteiger partial charge in [0.05, 0.1) is 42.3 Å². The maximum atomic E-state index is 11.3. The van der Waals surface area contributed by atoms with Crippen LogP contribution >= 0.6 is 11.6 Å². The van der Waals surface area contributed by atoms with Gasteiger partial charge in [-0.2, -0.15) is 0 Å². The van der Waals surface area contributed by atoms with Crippen LogP contribution in [0.4, 0.5) is 5.69 Å². The van der Waals surface area contributed by atoms with E-state index in [-0.39, 0.29) is 36.0 Å². The molecule has 0 spiro atoms. The summed E-state index contributed by atoms with van der Waals surface area (Å²) in [4.78, 5) is 10.8. The van der Waals surface area contributed by atoms with Gasteiger partial charge in [-0.05, 0) is 24.3 Å².